The fourth-order valence-electron chi connectivity index (χ4n) is 2.74. The third-order valence-electron chi connectivity index (χ3n) is 3.82. The molecule has 0 atom stereocenters. The lowest BCUT2D eigenvalue weighted by atomic mass is 10.0. The van der Waals surface area contributed by atoms with Gasteiger partial charge in [-0.05, 0) is 69.6 Å². The molecule has 3 rings (SSSR count). The first kappa shape index (κ1) is 15.1. The lowest BCUT2D eigenvalue weighted by molar-refractivity contribution is 0.627. The second kappa shape index (κ2) is 6.16. The number of benzene rings is 1. The zero-order valence-electron chi connectivity index (χ0n) is 11.2. The molecule has 21 heavy (non-hydrogen) atoms. The van der Waals surface area contributed by atoms with Gasteiger partial charge in [0.05, 0.1) is 9.26 Å². The average molecular weight is 462 g/mol. The van der Waals surface area contributed by atoms with Crippen molar-refractivity contribution in [2.75, 3.05) is 5.73 Å². The van der Waals surface area contributed by atoms with Crippen LogP contribution < -0.4 is 5.73 Å². The summed E-state index contributed by atoms with van der Waals surface area (Å²) < 4.78 is 14.8. The summed E-state index contributed by atoms with van der Waals surface area (Å²) in [5, 5.41) is 0. The summed E-state index contributed by atoms with van der Waals surface area (Å²) >= 11 is 5.60. The molecule has 0 saturated heterocycles. The van der Waals surface area contributed by atoms with Crippen LogP contribution in [0.5, 0.6) is 0 Å². The highest BCUT2D eigenvalue weighted by molar-refractivity contribution is 14.1. The van der Waals surface area contributed by atoms with E-state index in [0.29, 0.717) is 22.0 Å². The predicted molar refractivity (Wildman–Crippen MR) is 93.5 cm³/mol. The maximum Gasteiger partial charge on any atom is 0.162 e. The van der Waals surface area contributed by atoms with Crippen LogP contribution >= 0.6 is 38.5 Å². The third kappa shape index (κ3) is 3.06. The van der Waals surface area contributed by atoms with Gasteiger partial charge in [0.15, 0.2) is 5.82 Å². The van der Waals surface area contributed by atoms with Crippen molar-refractivity contribution in [3.8, 4) is 11.4 Å². The maximum atomic E-state index is 13.2. The number of hydrogen-bond acceptors (Lipinski definition) is 3. The summed E-state index contributed by atoms with van der Waals surface area (Å²) in [6.07, 6.45) is 4.77. The van der Waals surface area contributed by atoms with Gasteiger partial charge < -0.3 is 5.73 Å². The van der Waals surface area contributed by atoms with Gasteiger partial charge >= 0.3 is 0 Å². The van der Waals surface area contributed by atoms with Crippen molar-refractivity contribution in [2.24, 2.45) is 0 Å². The molecule has 1 aliphatic rings. The van der Waals surface area contributed by atoms with Crippen molar-refractivity contribution in [1.82, 2.24) is 9.97 Å². The molecule has 6 heteroatoms. The van der Waals surface area contributed by atoms with E-state index in [0.717, 1.165) is 27.7 Å². The van der Waals surface area contributed by atoms with Crippen LogP contribution in [-0.2, 0) is 0 Å². The number of nitrogens with zero attached hydrogens (tertiary/aromatic N) is 2. The van der Waals surface area contributed by atoms with Crippen LogP contribution in [0.2, 0.25) is 0 Å². The van der Waals surface area contributed by atoms with Gasteiger partial charge in [-0.15, -0.1) is 0 Å². The van der Waals surface area contributed by atoms with Crippen LogP contribution in [0.3, 0.4) is 0 Å². The van der Waals surface area contributed by atoms with Crippen LogP contribution in [0.1, 0.15) is 37.3 Å². The van der Waals surface area contributed by atoms with E-state index in [1.54, 1.807) is 6.07 Å². The Morgan fingerprint density at radius 1 is 1.24 bits per heavy atom. The Labute approximate surface area is 144 Å². The lowest BCUT2D eigenvalue weighted by Crippen LogP contribution is -2.08. The smallest absolute Gasteiger partial charge is 0.162 e. The Morgan fingerprint density at radius 2 is 1.95 bits per heavy atom. The summed E-state index contributed by atoms with van der Waals surface area (Å²) in [5.41, 5.74) is 7.86. The van der Waals surface area contributed by atoms with Gasteiger partial charge in [-0.1, -0.05) is 12.8 Å². The molecule has 1 aromatic heterocycles. The van der Waals surface area contributed by atoms with E-state index in [2.05, 4.69) is 43.5 Å². The normalized spacial score (nSPS) is 15.6. The summed E-state index contributed by atoms with van der Waals surface area (Å²) in [4.78, 5) is 9.10. The molecule has 110 valence electrons. The molecule has 0 spiro atoms. The Balaban J connectivity index is 2.10. The number of halogens is 3. The molecular formula is C15H14BrFIN3. The zero-order valence-corrected chi connectivity index (χ0v) is 15.0. The van der Waals surface area contributed by atoms with Gasteiger partial charge in [0.25, 0.3) is 0 Å². The van der Waals surface area contributed by atoms with E-state index in [-0.39, 0.29) is 5.82 Å². The van der Waals surface area contributed by atoms with E-state index in [1.165, 1.54) is 25.0 Å². The molecule has 2 N–H and O–H groups in total. The second-order valence-electron chi connectivity index (χ2n) is 5.24. The van der Waals surface area contributed by atoms with Gasteiger partial charge in [-0.2, -0.15) is 0 Å². The Hall–Kier alpha value is -0.760. The molecular weight excluding hydrogens is 448 g/mol. The number of hydrogen-bond donors (Lipinski definition) is 1. The number of nitrogens with two attached hydrogens (primary N) is 1. The first-order valence-electron chi connectivity index (χ1n) is 6.84. The van der Waals surface area contributed by atoms with Gasteiger partial charge in [-0.3, -0.25) is 0 Å². The topological polar surface area (TPSA) is 51.8 Å². The van der Waals surface area contributed by atoms with Crippen molar-refractivity contribution in [1.29, 1.82) is 0 Å². The lowest BCUT2D eigenvalue weighted by Gasteiger charge is -2.14. The van der Waals surface area contributed by atoms with Gasteiger partial charge in [-0.25, -0.2) is 14.4 Å². The molecule has 0 aliphatic heterocycles. The quantitative estimate of drug-likeness (QED) is 0.648. The zero-order chi connectivity index (χ0) is 15.0. The fraction of sp³-hybridized carbons (Fsp3) is 0.333. The van der Waals surface area contributed by atoms with Crippen LogP contribution in [-0.4, -0.2) is 9.97 Å². The van der Waals surface area contributed by atoms with E-state index in [1.807, 2.05) is 0 Å². The maximum absolute atomic E-state index is 13.2. The largest absolute Gasteiger partial charge is 0.383 e. The van der Waals surface area contributed by atoms with Crippen LogP contribution in [0.15, 0.2) is 22.7 Å². The standard InChI is InChI=1S/C15H14BrFIN3/c16-11-7-9(17)5-6-10(11)15-20-13(8-3-1-2-4-8)12(18)14(19)21-15/h5-8H,1-4H2,(H2,19,20,21). The highest BCUT2D eigenvalue weighted by atomic mass is 127. The minimum absolute atomic E-state index is 0.292. The second-order valence-corrected chi connectivity index (χ2v) is 7.17. The van der Waals surface area contributed by atoms with Crippen LogP contribution in [0.25, 0.3) is 11.4 Å². The Bertz CT molecular complexity index is 687. The van der Waals surface area contributed by atoms with Crippen molar-refractivity contribution in [2.45, 2.75) is 31.6 Å². The minimum Gasteiger partial charge on any atom is -0.383 e. The fourth-order valence-corrected chi connectivity index (χ4v) is 3.95. The number of nitrogen functional groups attached to an aromatic ring is 1. The third-order valence-corrected chi connectivity index (χ3v) is 5.58. The predicted octanol–water partition coefficient (Wildman–Crippen LogP) is 4.89. The van der Waals surface area contributed by atoms with Gasteiger partial charge in [0.1, 0.15) is 11.6 Å². The first-order chi connectivity index (χ1) is 10.1. The number of aromatic nitrogens is 2. The van der Waals surface area contributed by atoms with E-state index >= 15 is 0 Å². The molecule has 3 nitrogen and oxygen atoms in total. The Kier molecular flexibility index (Phi) is 4.44. The van der Waals surface area contributed by atoms with E-state index in [9.17, 15) is 4.39 Å². The highest BCUT2D eigenvalue weighted by Gasteiger charge is 2.24. The SMILES string of the molecule is Nc1nc(-c2ccc(F)cc2Br)nc(C2CCCC2)c1I. The minimum atomic E-state index is -0.292. The van der Waals surface area contributed by atoms with Crippen LogP contribution in [0.4, 0.5) is 10.2 Å². The molecule has 2 aromatic rings. The average Bonchev–Trinajstić information content (AvgIpc) is 2.96. The van der Waals surface area contributed by atoms with Crippen molar-refractivity contribution < 1.29 is 4.39 Å². The van der Waals surface area contributed by atoms with Crippen molar-refractivity contribution in [3.05, 3.63) is 37.8 Å². The highest BCUT2D eigenvalue weighted by Crippen LogP contribution is 2.38. The molecule has 0 bridgehead atoms. The number of anilines is 1. The van der Waals surface area contributed by atoms with Crippen molar-refractivity contribution >= 4 is 44.3 Å². The molecule has 1 aliphatic carbocycles. The summed E-state index contributed by atoms with van der Waals surface area (Å²) in [6, 6.07) is 4.51. The summed E-state index contributed by atoms with van der Waals surface area (Å²) in [5.74, 6) is 1.22. The van der Waals surface area contributed by atoms with Crippen molar-refractivity contribution in [3.63, 3.8) is 0 Å². The monoisotopic (exact) mass is 461 g/mol. The van der Waals surface area contributed by atoms with Gasteiger partial charge in [0.2, 0.25) is 0 Å². The molecule has 1 heterocycles. The molecule has 0 unspecified atom stereocenters. The summed E-state index contributed by atoms with van der Waals surface area (Å²) in [7, 11) is 0. The molecule has 0 radical (unpaired) electrons. The van der Waals surface area contributed by atoms with Crippen LogP contribution in [0, 0.1) is 9.39 Å². The molecule has 0 amide bonds. The van der Waals surface area contributed by atoms with Gasteiger partial charge in [0, 0.05) is 16.0 Å². The first-order valence-corrected chi connectivity index (χ1v) is 8.72. The molecule has 1 fully saturated rings. The molecule has 1 aromatic carbocycles. The van der Waals surface area contributed by atoms with E-state index in [4.69, 9.17) is 10.7 Å². The molecule has 1 saturated carbocycles. The number of rotatable bonds is 2. The summed E-state index contributed by atoms with van der Waals surface area (Å²) in [6.45, 7) is 0. The Morgan fingerprint density at radius 3 is 2.62 bits per heavy atom. The van der Waals surface area contributed by atoms with E-state index < -0.39 is 0 Å².